The lowest BCUT2D eigenvalue weighted by Crippen LogP contribution is -2.39. The second-order valence-electron chi connectivity index (χ2n) is 4.67. The van der Waals surface area contributed by atoms with Crippen LogP contribution in [0.5, 0.6) is 0 Å². The smallest absolute Gasteiger partial charge is 0.328 e. The molecule has 112 valence electrons. The topological polar surface area (TPSA) is 84.9 Å². The van der Waals surface area contributed by atoms with E-state index < -0.39 is 12.1 Å². The van der Waals surface area contributed by atoms with Crippen LogP contribution >= 0.6 is 0 Å². The highest BCUT2D eigenvalue weighted by Crippen LogP contribution is 2.18. The third kappa shape index (κ3) is 4.40. The zero-order valence-electron chi connectivity index (χ0n) is 11.7. The molecule has 0 aliphatic carbocycles. The summed E-state index contributed by atoms with van der Waals surface area (Å²) >= 11 is 0. The monoisotopic (exact) mass is 291 g/mol. The lowest BCUT2D eigenvalue weighted by atomic mass is 10.1. The van der Waals surface area contributed by atoms with E-state index in [1.807, 2.05) is 6.92 Å². The number of amides is 1. The van der Waals surface area contributed by atoms with Gasteiger partial charge in [0.15, 0.2) is 6.10 Å². The van der Waals surface area contributed by atoms with E-state index >= 15 is 0 Å². The summed E-state index contributed by atoms with van der Waals surface area (Å²) in [5.41, 5.74) is 2.26. The maximum absolute atomic E-state index is 12.0. The molecule has 1 saturated heterocycles. The Hall–Kier alpha value is -2.18. The van der Waals surface area contributed by atoms with Gasteiger partial charge in [-0.2, -0.15) is 0 Å². The summed E-state index contributed by atoms with van der Waals surface area (Å²) in [5.74, 6) is -1.24. The molecule has 2 N–H and O–H groups in total. The molecule has 0 aromatic heterocycles. The Balaban J connectivity index is 2.03. The van der Waals surface area contributed by atoms with Crippen LogP contribution in [0.3, 0.4) is 0 Å². The maximum Gasteiger partial charge on any atom is 0.328 e. The Kier molecular flexibility index (Phi) is 5.08. The van der Waals surface area contributed by atoms with Gasteiger partial charge in [0.2, 0.25) is 0 Å². The van der Waals surface area contributed by atoms with Crippen molar-refractivity contribution in [3.63, 3.8) is 0 Å². The van der Waals surface area contributed by atoms with Gasteiger partial charge in [-0.05, 0) is 36.3 Å². The first-order valence-electron chi connectivity index (χ1n) is 6.58. The summed E-state index contributed by atoms with van der Waals surface area (Å²) in [6.07, 6.45) is 1.98. The number of carboxylic acids is 1. The number of nitrogens with one attached hydrogen (secondary N) is 1. The van der Waals surface area contributed by atoms with Crippen LogP contribution in [0.4, 0.5) is 5.69 Å². The molecule has 0 saturated carbocycles. The van der Waals surface area contributed by atoms with Crippen molar-refractivity contribution in [3.8, 4) is 0 Å². The number of anilines is 1. The second kappa shape index (κ2) is 7.01. The SMILES string of the molecule is Cc1cc(C=CC(=O)O)ccc1NC(=O)C1COCCO1. The molecule has 1 atom stereocenters. The molecule has 1 unspecified atom stereocenters. The lowest BCUT2D eigenvalue weighted by molar-refractivity contribution is -0.142. The first-order valence-corrected chi connectivity index (χ1v) is 6.58. The van der Waals surface area contributed by atoms with E-state index in [9.17, 15) is 9.59 Å². The molecule has 1 heterocycles. The summed E-state index contributed by atoms with van der Waals surface area (Å²) in [6, 6.07) is 5.27. The molecule has 0 spiro atoms. The summed E-state index contributed by atoms with van der Waals surface area (Å²) in [4.78, 5) is 22.5. The molecule has 6 heteroatoms. The van der Waals surface area contributed by atoms with Crippen LogP contribution in [0.1, 0.15) is 11.1 Å². The Labute approximate surface area is 122 Å². The van der Waals surface area contributed by atoms with Crippen molar-refractivity contribution in [2.24, 2.45) is 0 Å². The molecule has 1 aromatic rings. The van der Waals surface area contributed by atoms with Gasteiger partial charge in [-0.25, -0.2) is 4.79 Å². The van der Waals surface area contributed by atoms with Gasteiger partial charge >= 0.3 is 5.97 Å². The van der Waals surface area contributed by atoms with Crippen LogP contribution in [-0.2, 0) is 19.1 Å². The molecule has 0 radical (unpaired) electrons. The average molecular weight is 291 g/mol. The fourth-order valence-electron chi connectivity index (χ4n) is 1.95. The summed E-state index contributed by atoms with van der Waals surface area (Å²) in [5, 5.41) is 11.4. The first-order chi connectivity index (χ1) is 10.1. The number of carboxylic acid groups (broad SMARTS) is 1. The quantitative estimate of drug-likeness (QED) is 0.820. The normalized spacial score (nSPS) is 18.6. The Bertz CT molecular complexity index is 561. The molecule has 2 rings (SSSR count). The number of aryl methyl sites for hydroxylation is 1. The molecule has 21 heavy (non-hydrogen) atoms. The van der Waals surface area contributed by atoms with Gasteiger partial charge in [0, 0.05) is 11.8 Å². The number of aliphatic carboxylic acids is 1. The summed E-state index contributed by atoms with van der Waals surface area (Å²) in [7, 11) is 0. The van der Waals surface area contributed by atoms with Gasteiger partial charge < -0.3 is 19.9 Å². The van der Waals surface area contributed by atoms with Crippen LogP contribution in [0.25, 0.3) is 6.08 Å². The molecule has 1 aliphatic rings. The molecule has 1 amide bonds. The molecule has 6 nitrogen and oxygen atoms in total. The largest absolute Gasteiger partial charge is 0.478 e. The van der Waals surface area contributed by atoms with Gasteiger partial charge in [-0.1, -0.05) is 6.07 Å². The zero-order valence-corrected chi connectivity index (χ0v) is 11.7. The van der Waals surface area contributed by atoms with Gasteiger partial charge in [0.1, 0.15) is 0 Å². The zero-order chi connectivity index (χ0) is 15.2. The fraction of sp³-hybridized carbons (Fsp3) is 0.333. The molecule has 1 aliphatic heterocycles. The van der Waals surface area contributed by atoms with E-state index in [4.69, 9.17) is 14.6 Å². The minimum Gasteiger partial charge on any atom is -0.478 e. The van der Waals surface area contributed by atoms with Crippen LogP contribution < -0.4 is 5.32 Å². The van der Waals surface area contributed by atoms with Gasteiger partial charge in [0.05, 0.1) is 19.8 Å². The molecular weight excluding hydrogens is 274 g/mol. The molecular formula is C15H17NO5. The highest BCUT2D eigenvalue weighted by molar-refractivity contribution is 5.95. The Morgan fingerprint density at radius 1 is 1.38 bits per heavy atom. The van der Waals surface area contributed by atoms with Crippen LogP contribution in [0, 0.1) is 6.92 Å². The number of carbonyl (C=O) groups excluding carboxylic acids is 1. The number of hydrogen-bond acceptors (Lipinski definition) is 4. The van der Waals surface area contributed by atoms with Crippen molar-refractivity contribution in [1.82, 2.24) is 0 Å². The second-order valence-corrected chi connectivity index (χ2v) is 4.67. The lowest BCUT2D eigenvalue weighted by Gasteiger charge is -2.22. The average Bonchev–Trinajstić information content (AvgIpc) is 2.48. The first kappa shape index (κ1) is 15.2. The standard InChI is InChI=1S/C15H17NO5/c1-10-8-11(3-5-14(17)18)2-4-12(10)16-15(19)13-9-20-6-7-21-13/h2-5,8,13H,6-7,9H2,1H3,(H,16,19)(H,17,18). The van der Waals surface area contributed by atoms with Crippen molar-refractivity contribution < 1.29 is 24.2 Å². The van der Waals surface area contributed by atoms with Crippen molar-refractivity contribution in [3.05, 3.63) is 35.4 Å². The predicted molar refractivity (Wildman–Crippen MR) is 77.0 cm³/mol. The molecule has 1 fully saturated rings. The number of ether oxygens (including phenoxy) is 2. The van der Waals surface area contributed by atoms with E-state index in [0.717, 1.165) is 17.2 Å². The minimum absolute atomic E-state index is 0.244. The summed E-state index contributed by atoms with van der Waals surface area (Å²) < 4.78 is 10.5. The minimum atomic E-state index is -1.00. The van der Waals surface area contributed by atoms with Gasteiger partial charge in [0.25, 0.3) is 5.91 Å². The van der Waals surface area contributed by atoms with Crippen molar-refractivity contribution in [2.75, 3.05) is 25.1 Å². The third-order valence-corrected chi connectivity index (χ3v) is 3.04. The van der Waals surface area contributed by atoms with Crippen molar-refractivity contribution >= 4 is 23.6 Å². The Morgan fingerprint density at radius 2 is 2.19 bits per heavy atom. The van der Waals surface area contributed by atoms with E-state index in [0.29, 0.717) is 18.9 Å². The molecule has 0 bridgehead atoms. The highest BCUT2D eigenvalue weighted by Gasteiger charge is 2.22. The van der Waals surface area contributed by atoms with Crippen LogP contribution in [-0.4, -0.2) is 42.9 Å². The highest BCUT2D eigenvalue weighted by atomic mass is 16.6. The van der Waals surface area contributed by atoms with Crippen LogP contribution in [0.15, 0.2) is 24.3 Å². The van der Waals surface area contributed by atoms with E-state index in [1.165, 1.54) is 6.08 Å². The van der Waals surface area contributed by atoms with Gasteiger partial charge in [-0.15, -0.1) is 0 Å². The van der Waals surface area contributed by atoms with Crippen LogP contribution in [0.2, 0.25) is 0 Å². The third-order valence-electron chi connectivity index (χ3n) is 3.04. The maximum atomic E-state index is 12.0. The van der Waals surface area contributed by atoms with E-state index in [-0.39, 0.29) is 12.5 Å². The number of rotatable bonds is 4. The number of benzene rings is 1. The number of carbonyl (C=O) groups is 2. The number of hydrogen-bond donors (Lipinski definition) is 2. The van der Waals surface area contributed by atoms with E-state index in [2.05, 4.69) is 5.32 Å². The molecule has 1 aromatic carbocycles. The Morgan fingerprint density at radius 3 is 2.81 bits per heavy atom. The van der Waals surface area contributed by atoms with Gasteiger partial charge in [-0.3, -0.25) is 4.79 Å². The fourth-order valence-corrected chi connectivity index (χ4v) is 1.95. The predicted octanol–water partition coefficient (Wildman–Crippen LogP) is 1.45. The van der Waals surface area contributed by atoms with Crippen molar-refractivity contribution in [2.45, 2.75) is 13.0 Å². The van der Waals surface area contributed by atoms with Crippen molar-refractivity contribution in [1.29, 1.82) is 0 Å². The summed E-state index contributed by atoms with van der Waals surface area (Å²) in [6.45, 7) is 3.01. The van der Waals surface area contributed by atoms with E-state index in [1.54, 1.807) is 18.2 Å².